The second-order valence-corrected chi connectivity index (χ2v) is 9.20. The van der Waals surface area contributed by atoms with E-state index >= 15 is 0 Å². The Morgan fingerprint density at radius 1 is 1.19 bits per heavy atom. The van der Waals surface area contributed by atoms with Crippen LogP contribution in [0.25, 0.3) is 0 Å². The van der Waals surface area contributed by atoms with E-state index in [0.717, 1.165) is 27.6 Å². The summed E-state index contributed by atoms with van der Waals surface area (Å²) in [6.07, 6.45) is 5.34. The third-order valence-corrected chi connectivity index (χ3v) is 6.23. The molecule has 0 amide bonds. The van der Waals surface area contributed by atoms with Gasteiger partial charge in [-0.15, -0.1) is 0 Å². The Balaban J connectivity index is 1.58. The van der Waals surface area contributed by atoms with Crippen molar-refractivity contribution in [3.05, 3.63) is 87.9 Å². The van der Waals surface area contributed by atoms with Crippen molar-refractivity contribution < 1.29 is 8.98 Å². The summed E-state index contributed by atoms with van der Waals surface area (Å²) in [5.74, 6) is 0. The van der Waals surface area contributed by atoms with E-state index in [0.29, 0.717) is 18.2 Å². The van der Waals surface area contributed by atoms with Crippen LogP contribution < -0.4 is 0 Å². The van der Waals surface area contributed by atoms with Crippen LogP contribution in [0.1, 0.15) is 16.4 Å². The summed E-state index contributed by atoms with van der Waals surface area (Å²) in [7, 11) is 0. The van der Waals surface area contributed by atoms with Crippen molar-refractivity contribution in [2.45, 2.75) is 18.4 Å². The lowest BCUT2D eigenvalue weighted by Crippen LogP contribution is -2.06. The number of hydrogen-bond donors (Lipinski definition) is 0. The largest absolute Gasteiger partial charge is 0.336 e. The lowest BCUT2D eigenvalue weighted by atomic mass is 10.1. The first kappa shape index (κ1) is 20.5. The average Bonchev–Trinajstić information content (AvgIpc) is 3.17. The van der Waals surface area contributed by atoms with Crippen molar-refractivity contribution in [2.75, 3.05) is 0 Å². The van der Waals surface area contributed by atoms with Gasteiger partial charge in [0.05, 0.1) is 30.2 Å². The summed E-state index contributed by atoms with van der Waals surface area (Å²) in [6.45, 7) is 1.00. The second-order valence-electron chi connectivity index (χ2n) is 5.64. The van der Waals surface area contributed by atoms with Gasteiger partial charge >= 0.3 is 0 Å². The summed E-state index contributed by atoms with van der Waals surface area (Å²) < 4.78 is 8.37. The zero-order chi connectivity index (χ0) is 19.1. The highest BCUT2D eigenvalue weighted by Gasteiger charge is 2.19. The van der Waals surface area contributed by atoms with Gasteiger partial charge in [-0.25, -0.2) is 4.98 Å². The van der Waals surface area contributed by atoms with Gasteiger partial charge in [-0.05, 0) is 35.4 Å². The summed E-state index contributed by atoms with van der Waals surface area (Å²) >= 11 is 11.5. The molecule has 1 unspecified atom stereocenters. The second kappa shape index (κ2) is 10.3. The van der Waals surface area contributed by atoms with Crippen LogP contribution in [0.15, 0.2) is 71.7 Å². The number of carbonyl (C=O) groups is 1. The predicted octanol–water partition coefficient (Wildman–Crippen LogP) is 6.76. The summed E-state index contributed by atoms with van der Waals surface area (Å²) in [5, 5.41) is 0.608. The van der Waals surface area contributed by atoms with E-state index in [-0.39, 0.29) is 9.70 Å². The fourth-order valence-corrected chi connectivity index (χ4v) is 4.44. The molecule has 3 rings (SSSR count). The number of hydrogen-bond acceptors (Lipinski definition) is 5. The van der Waals surface area contributed by atoms with Crippen molar-refractivity contribution in [3.8, 4) is 0 Å². The molecule has 0 aliphatic rings. The number of nitrogens with zero attached hydrogens (tertiary/aromatic N) is 2. The zero-order valence-electron chi connectivity index (χ0n) is 14.1. The van der Waals surface area contributed by atoms with Crippen LogP contribution in [0.3, 0.4) is 0 Å². The Morgan fingerprint density at radius 3 is 2.59 bits per heavy atom. The SMILES string of the molecule is O=C(SOCc1ccc(Br)cc1)SC(Cn1ccnc1)c1ccc(Cl)cc1. The fourth-order valence-electron chi connectivity index (χ4n) is 2.34. The molecular weight excluding hydrogens is 468 g/mol. The quantitative estimate of drug-likeness (QED) is 0.347. The summed E-state index contributed by atoms with van der Waals surface area (Å²) in [6, 6.07) is 15.4. The normalized spacial score (nSPS) is 12.1. The van der Waals surface area contributed by atoms with Crippen molar-refractivity contribution in [3.63, 3.8) is 0 Å². The molecule has 27 heavy (non-hydrogen) atoms. The highest BCUT2D eigenvalue weighted by molar-refractivity contribution is 9.10. The van der Waals surface area contributed by atoms with Crippen molar-refractivity contribution in [1.29, 1.82) is 0 Å². The minimum absolute atomic E-state index is 0.0623. The molecular formula is C19H16BrClN2O2S2. The molecule has 0 saturated carbocycles. The molecule has 0 saturated heterocycles. The maximum absolute atomic E-state index is 12.4. The van der Waals surface area contributed by atoms with Gasteiger partial charge in [0.25, 0.3) is 4.45 Å². The van der Waals surface area contributed by atoms with Gasteiger partial charge in [-0.1, -0.05) is 63.6 Å². The number of carbonyl (C=O) groups excluding carboxylic acids is 1. The van der Waals surface area contributed by atoms with Gasteiger partial charge in [0.2, 0.25) is 0 Å². The first-order valence-corrected chi connectivity index (χ1v) is 10.8. The minimum atomic E-state index is -0.0906. The molecule has 8 heteroatoms. The number of aromatic nitrogens is 2. The van der Waals surface area contributed by atoms with Crippen LogP contribution in [0.4, 0.5) is 4.79 Å². The fraction of sp³-hybridized carbons (Fsp3) is 0.158. The van der Waals surface area contributed by atoms with Crippen LogP contribution in [0, 0.1) is 0 Å². The Hall–Kier alpha value is -1.25. The van der Waals surface area contributed by atoms with Crippen LogP contribution in [0.5, 0.6) is 0 Å². The van der Waals surface area contributed by atoms with Gasteiger partial charge < -0.3 is 8.75 Å². The summed E-state index contributed by atoms with van der Waals surface area (Å²) in [5.41, 5.74) is 2.04. The Labute approximate surface area is 180 Å². The molecule has 2 aromatic carbocycles. The molecule has 0 aliphatic heterocycles. The van der Waals surface area contributed by atoms with Gasteiger partial charge in [-0.3, -0.25) is 4.79 Å². The van der Waals surface area contributed by atoms with Crippen molar-refractivity contribution in [1.82, 2.24) is 9.55 Å². The summed E-state index contributed by atoms with van der Waals surface area (Å²) in [4.78, 5) is 16.5. The van der Waals surface area contributed by atoms with E-state index in [1.807, 2.05) is 59.3 Å². The molecule has 0 bridgehead atoms. The molecule has 0 aliphatic carbocycles. The first-order valence-electron chi connectivity index (χ1n) is 8.06. The van der Waals surface area contributed by atoms with Gasteiger partial charge in [-0.2, -0.15) is 0 Å². The number of benzene rings is 2. The molecule has 1 atom stereocenters. The maximum Gasteiger partial charge on any atom is 0.273 e. The molecule has 4 nitrogen and oxygen atoms in total. The number of thioether (sulfide) groups is 1. The lowest BCUT2D eigenvalue weighted by Gasteiger charge is -2.16. The number of imidazole rings is 1. The molecule has 0 N–H and O–H groups in total. The Kier molecular flexibility index (Phi) is 7.84. The third-order valence-electron chi connectivity index (χ3n) is 3.68. The molecule has 1 heterocycles. The van der Waals surface area contributed by atoms with Crippen LogP contribution in [0.2, 0.25) is 5.02 Å². The monoisotopic (exact) mass is 482 g/mol. The minimum Gasteiger partial charge on any atom is -0.336 e. The highest BCUT2D eigenvalue weighted by Crippen LogP contribution is 2.36. The van der Waals surface area contributed by atoms with E-state index in [1.165, 1.54) is 11.8 Å². The van der Waals surface area contributed by atoms with Crippen molar-refractivity contribution >= 4 is 55.8 Å². The van der Waals surface area contributed by atoms with E-state index in [2.05, 4.69) is 20.9 Å². The lowest BCUT2D eigenvalue weighted by molar-refractivity contribution is 0.273. The van der Waals surface area contributed by atoms with Gasteiger partial charge in [0.1, 0.15) is 0 Å². The average molecular weight is 484 g/mol. The Bertz CT molecular complexity index is 858. The third kappa shape index (κ3) is 6.69. The van der Waals surface area contributed by atoms with E-state index < -0.39 is 0 Å². The molecule has 0 spiro atoms. The molecule has 0 radical (unpaired) electrons. The highest BCUT2D eigenvalue weighted by atomic mass is 79.9. The van der Waals surface area contributed by atoms with Crippen molar-refractivity contribution in [2.24, 2.45) is 0 Å². The van der Waals surface area contributed by atoms with Crippen LogP contribution in [-0.2, 0) is 17.3 Å². The standard InChI is InChI=1S/C19H16BrClN2O2S2/c20-16-5-1-14(2-6-16)12-25-27-19(24)26-18(11-23-10-9-22-13-23)15-3-7-17(21)8-4-15/h1-10,13,18H,11-12H2. The maximum atomic E-state index is 12.4. The van der Waals surface area contributed by atoms with Gasteiger partial charge in [0, 0.05) is 28.4 Å². The van der Waals surface area contributed by atoms with Gasteiger partial charge in [0.15, 0.2) is 0 Å². The Morgan fingerprint density at radius 2 is 1.93 bits per heavy atom. The molecule has 3 aromatic rings. The predicted molar refractivity (Wildman–Crippen MR) is 116 cm³/mol. The van der Waals surface area contributed by atoms with E-state index in [4.69, 9.17) is 15.8 Å². The number of rotatable bonds is 7. The van der Waals surface area contributed by atoms with Crippen LogP contribution in [-0.4, -0.2) is 14.0 Å². The first-order chi connectivity index (χ1) is 13.1. The van der Waals surface area contributed by atoms with E-state index in [1.54, 1.807) is 12.5 Å². The number of halogens is 2. The van der Waals surface area contributed by atoms with E-state index in [9.17, 15) is 4.79 Å². The smallest absolute Gasteiger partial charge is 0.273 e. The molecule has 140 valence electrons. The topological polar surface area (TPSA) is 44.1 Å². The molecule has 1 aromatic heterocycles. The zero-order valence-corrected chi connectivity index (χ0v) is 18.1. The van der Waals surface area contributed by atoms with Crippen LogP contribution >= 0.6 is 51.3 Å². The molecule has 0 fully saturated rings.